The summed E-state index contributed by atoms with van der Waals surface area (Å²) in [7, 11) is -13.4. The van der Waals surface area contributed by atoms with E-state index in [-0.39, 0.29) is 87.1 Å². The smallest absolute Gasteiger partial charge is 0.726 e. The van der Waals surface area contributed by atoms with E-state index < -0.39 is 31.2 Å². The first-order valence-electron chi connectivity index (χ1n) is 17.0. The summed E-state index contributed by atoms with van der Waals surface area (Å²) in [6, 6.07) is 0. The van der Waals surface area contributed by atoms with Crippen LogP contribution in [0.4, 0.5) is 0 Å². The van der Waals surface area contributed by atoms with Gasteiger partial charge in [0.25, 0.3) is 0 Å². The van der Waals surface area contributed by atoms with Gasteiger partial charge in [-0.05, 0) is 19.3 Å². The van der Waals surface area contributed by atoms with Gasteiger partial charge in [-0.15, -0.1) is 0 Å². The maximum Gasteiger partial charge on any atom is 2.00 e. The molecule has 0 rings (SSSR count). The van der Waals surface area contributed by atoms with Crippen LogP contribution in [0, 0.1) is 0 Å². The maximum absolute atomic E-state index is 10.1. The summed E-state index contributed by atoms with van der Waals surface area (Å²) in [6.45, 7) is 6.63. The summed E-state index contributed by atoms with van der Waals surface area (Å²) in [6.07, 6.45) is 26.7. The molecule has 0 aromatic carbocycles. The van der Waals surface area contributed by atoms with Crippen LogP contribution in [0.2, 0.25) is 0 Å². The van der Waals surface area contributed by atoms with E-state index >= 15 is 0 Å². The molecule has 0 fully saturated rings. The third kappa shape index (κ3) is 70.2. The largest absolute Gasteiger partial charge is 2.00 e. The predicted octanol–water partition coefficient (Wildman–Crippen LogP) is 4.43. The fourth-order valence-electron chi connectivity index (χ4n) is 4.19. The van der Waals surface area contributed by atoms with Crippen molar-refractivity contribution in [2.24, 2.45) is 0 Å². The van der Waals surface area contributed by atoms with Crippen LogP contribution in [-0.4, -0.2) is 96.5 Å². The van der Waals surface area contributed by atoms with Crippen molar-refractivity contribution in [1.82, 2.24) is 0 Å². The van der Waals surface area contributed by atoms with Crippen LogP contribution in [0.15, 0.2) is 0 Å². The second kappa shape index (κ2) is 42.3. The van der Waals surface area contributed by atoms with Crippen LogP contribution in [-0.2, 0) is 43.7 Å². The van der Waals surface area contributed by atoms with E-state index in [0.29, 0.717) is 19.3 Å². The van der Waals surface area contributed by atoms with Crippen molar-refractivity contribution in [1.29, 1.82) is 0 Å². The molecule has 0 aliphatic heterocycles. The van der Waals surface area contributed by atoms with E-state index in [2.05, 4.69) is 33.3 Å². The van der Waals surface area contributed by atoms with Crippen LogP contribution in [0.5, 0.6) is 0 Å². The van der Waals surface area contributed by atoms with Crippen molar-refractivity contribution in [2.45, 2.75) is 175 Å². The zero-order valence-electron chi connectivity index (χ0n) is 29.9. The number of unbranched alkanes of at least 4 members (excludes halogenated alkanes) is 21. The van der Waals surface area contributed by atoms with E-state index in [4.69, 9.17) is 0 Å². The van der Waals surface area contributed by atoms with E-state index in [1.807, 2.05) is 0 Å². The molecule has 0 bridgehead atoms. The zero-order valence-corrected chi connectivity index (χ0v) is 36.6. The first-order chi connectivity index (χ1) is 21.2. The van der Waals surface area contributed by atoms with Crippen LogP contribution >= 0.6 is 0 Å². The number of hydrogen-bond acceptors (Lipinski definition) is 12. The Labute approximate surface area is 341 Å². The average Bonchev–Trinajstić information content (AvgIpc) is 2.93. The first-order valence-corrected chi connectivity index (χ1v) is 21.0. The Morgan fingerprint density at radius 3 is 0.638 bits per heavy atom. The molecular weight excluding hydrogens is 712 g/mol. The molecule has 276 valence electrons. The molecule has 0 N–H and O–H groups in total. The molecule has 12 nitrogen and oxygen atoms in total. The molecule has 0 aromatic rings. The zero-order chi connectivity index (χ0) is 34.7. The minimum Gasteiger partial charge on any atom is -0.726 e. The van der Waals surface area contributed by atoms with Crippen molar-refractivity contribution in [3.63, 3.8) is 0 Å². The number of hydrogen-bond donors (Lipinski definition) is 0. The van der Waals surface area contributed by atoms with Gasteiger partial charge < -0.3 is 13.7 Å². The SMILES string of the molecule is CCCCCCCCCCOS(=O)(=O)[O-].CCCCCCCCCCOS(=O)(=O)[O-].CCCCCCCCCCOS(=O)(=O)[O-].[Ca+2].[Na+]. The van der Waals surface area contributed by atoms with Gasteiger partial charge in [-0.1, -0.05) is 156 Å². The summed E-state index contributed by atoms with van der Waals surface area (Å²) in [5.41, 5.74) is 0. The molecule has 0 radical (unpaired) electrons. The number of rotatable bonds is 30. The predicted molar refractivity (Wildman–Crippen MR) is 181 cm³/mol. The molecule has 0 aliphatic carbocycles. The van der Waals surface area contributed by atoms with Gasteiger partial charge in [0.2, 0.25) is 31.2 Å². The van der Waals surface area contributed by atoms with Gasteiger partial charge >= 0.3 is 67.3 Å². The third-order valence-corrected chi connectivity index (χ3v) is 8.04. The minimum atomic E-state index is -4.48. The average molecular weight is 775 g/mol. The third-order valence-electron chi connectivity index (χ3n) is 6.68. The Kier molecular flexibility index (Phi) is 52.3. The first kappa shape index (κ1) is 58.2. The quantitative estimate of drug-likeness (QED) is 0.0431. The fourth-order valence-corrected chi connectivity index (χ4v) is 5.16. The standard InChI is InChI=1S/3C10H22O4S.Ca.Na/c3*1-2-3-4-5-6-7-8-9-10-14-15(11,12)13;;/h3*2-10H2,1H3,(H,11,12,13);;/q;;;+2;+1/p-3. The van der Waals surface area contributed by atoms with Crippen LogP contribution in [0.1, 0.15) is 175 Å². The minimum absolute atomic E-state index is 0. The molecule has 0 saturated carbocycles. The molecule has 0 aliphatic rings. The van der Waals surface area contributed by atoms with Crippen molar-refractivity contribution in [2.75, 3.05) is 19.8 Å². The molecule has 0 spiro atoms. The second-order valence-corrected chi connectivity index (χ2v) is 14.3. The van der Waals surface area contributed by atoms with Gasteiger partial charge in [-0.3, -0.25) is 12.5 Å². The summed E-state index contributed by atoms with van der Waals surface area (Å²) < 4.78 is 103. The van der Waals surface area contributed by atoms with E-state index in [1.54, 1.807) is 0 Å². The Balaban J connectivity index is -0.000000184. The topological polar surface area (TPSA) is 199 Å². The monoisotopic (exact) mass is 774 g/mol. The Morgan fingerprint density at radius 2 is 0.489 bits per heavy atom. The fraction of sp³-hybridized carbons (Fsp3) is 1.00. The summed E-state index contributed by atoms with van der Waals surface area (Å²) in [5, 5.41) is 0. The molecule has 47 heavy (non-hydrogen) atoms. The van der Waals surface area contributed by atoms with E-state index in [1.165, 1.54) is 96.3 Å². The van der Waals surface area contributed by atoms with Crippen LogP contribution < -0.4 is 29.6 Å². The van der Waals surface area contributed by atoms with Crippen LogP contribution in [0.25, 0.3) is 0 Å². The van der Waals surface area contributed by atoms with Crippen LogP contribution in [0.3, 0.4) is 0 Å². The van der Waals surface area contributed by atoms with Gasteiger partial charge in [-0.25, -0.2) is 25.3 Å². The Hall–Kier alpha value is 1.87. The van der Waals surface area contributed by atoms with Crippen molar-refractivity contribution in [3.05, 3.63) is 0 Å². The van der Waals surface area contributed by atoms with Gasteiger partial charge in [0.05, 0.1) is 19.8 Å². The van der Waals surface area contributed by atoms with Crippen molar-refractivity contribution in [3.8, 4) is 0 Å². The van der Waals surface area contributed by atoms with Gasteiger partial charge in [0.1, 0.15) is 0 Å². The van der Waals surface area contributed by atoms with Gasteiger partial charge in [0.15, 0.2) is 0 Å². The summed E-state index contributed by atoms with van der Waals surface area (Å²) in [4.78, 5) is 0. The molecule has 0 saturated heterocycles. The van der Waals surface area contributed by atoms with Crippen molar-refractivity contribution < 1.29 is 81.0 Å². The van der Waals surface area contributed by atoms with Gasteiger partial charge in [-0.2, -0.15) is 0 Å². The summed E-state index contributed by atoms with van der Waals surface area (Å²) >= 11 is 0. The summed E-state index contributed by atoms with van der Waals surface area (Å²) in [5.74, 6) is 0. The molecule has 0 heterocycles. The Bertz CT molecular complexity index is 804. The van der Waals surface area contributed by atoms with Gasteiger partial charge in [0, 0.05) is 0 Å². The molecule has 17 heteroatoms. The van der Waals surface area contributed by atoms with E-state index in [0.717, 1.165) is 38.5 Å². The van der Waals surface area contributed by atoms with E-state index in [9.17, 15) is 38.9 Å². The van der Waals surface area contributed by atoms with Crippen molar-refractivity contribution >= 4 is 68.9 Å². The molecule has 0 aromatic heterocycles. The molecular formula is C30H63CaNaO12S3. The normalized spacial score (nSPS) is 11.4. The molecule has 0 unspecified atom stereocenters. The molecule has 0 atom stereocenters. The second-order valence-electron chi connectivity index (χ2n) is 11.1. The Morgan fingerprint density at radius 1 is 0.340 bits per heavy atom. The molecule has 0 amide bonds. The maximum atomic E-state index is 10.1.